The topological polar surface area (TPSA) is 17.1 Å². The molecule has 1 aliphatic carbocycles. The number of carbonyl (C=O) groups is 1. The van der Waals surface area contributed by atoms with Gasteiger partial charge in [-0.25, -0.2) is 0 Å². The van der Waals surface area contributed by atoms with Crippen molar-refractivity contribution in [2.24, 2.45) is 16.7 Å². The van der Waals surface area contributed by atoms with Crippen LogP contribution in [0, 0.1) is 16.7 Å². The van der Waals surface area contributed by atoms with Gasteiger partial charge in [-0.05, 0) is 29.6 Å². The Labute approximate surface area is 88.3 Å². The molecule has 0 radical (unpaired) electrons. The highest BCUT2D eigenvalue weighted by Crippen LogP contribution is 2.48. The molecule has 0 aliphatic heterocycles. The van der Waals surface area contributed by atoms with Crippen molar-refractivity contribution >= 4 is 5.78 Å². The summed E-state index contributed by atoms with van der Waals surface area (Å²) in [5, 5.41) is 0. The molecule has 1 fully saturated rings. The zero-order valence-electron chi connectivity index (χ0n) is 10.3. The fraction of sp³-hybridized carbons (Fsp3) is 0.923. The van der Waals surface area contributed by atoms with Crippen LogP contribution < -0.4 is 0 Å². The molecule has 1 heteroatoms. The third-order valence-electron chi connectivity index (χ3n) is 4.50. The van der Waals surface area contributed by atoms with Crippen molar-refractivity contribution in [3.63, 3.8) is 0 Å². The molecule has 1 rings (SSSR count). The fourth-order valence-electron chi connectivity index (χ4n) is 2.27. The maximum absolute atomic E-state index is 11.2. The second kappa shape index (κ2) is 3.67. The predicted molar refractivity (Wildman–Crippen MR) is 60.2 cm³/mol. The second-order valence-corrected chi connectivity index (χ2v) is 6.28. The maximum Gasteiger partial charge on any atom is 0.132 e. The van der Waals surface area contributed by atoms with Gasteiger partial charge < -0.3 is 0 Å². The van der Waals surface area contributed by atoms with Crippen molar-refractivity contribution in [1.29, 1.82) is 0 Å². The molecular formula is C13H24O. The lowest BCUT2D eigenvalue weighted by Gasteiger charge is -2.46. The average molecular weight is 196 g/mol. The van der Waals surface area contributed by atoms with Gasteiger partial charge in [-0.15, -0.1) is 0 Å². The van der Waals surface area contributed by atoms with Gasteiger partial charge in [-0.1, -0.05) is 34.6 Å². The highest BCUT2D eigenvalue weighted by molar-refractivity contribution is 5.79. The molecule has 82 valence electrons. The van der Waals surface area contributed by atoms with Crippen molar-refractivity contribution in [3.8, 4) is 0 Å². The Morgan fingerprint density at radius 1 is 1.00 bits per heavy atom. The molecule has 0 N–H and O–H groups in total. The normalized spacial score (nSPS) is 21.4. The van der Waals surface area contributed by atoms with Crippen LogP contribution in [0.2, 0.25) is 0 Å². The van der Waals surface area contributed by atoms with Gasteiger partial charge in [-0.2, -0.15) is 0 Å². The highest BCUT2D eigenvalue weighted by atomic mass is 16.1. The molecule has 1 saturated carbocycles. The molecule has 1 nitrogen and oxygen atoms in total. The van der Waals surface area contributed by atoms with Gasteiger partial charge in [-0.3, -0.25) is 4.79 Å². The first kappa shape index (κ1) is 11.7. The standard InChI is InChI=1S/C13H24O/c1-12(2,3)13(4,5)10-6-8-11(14)9-7-10/h10H,6-9H2,1-5H3. The van der Waals surface area contributed by atoms with Crippen LogP contribution in [0.25, 0.3) is 0 Å². The van der Waals surface area contributed by atoms with Gasteiger partial charge in [0.2, 0.25) is 0 Å². The average Bonchev–Trinajstić information content (AvgIpc) is 2.03. The van der Waals surface area contributed by atoms with Crippen molar-refractivity contribution in [1.82, 2.24) is 0 Å². The minimum absolute atomic E-state index is 0.331. The number of hydrogen-bond donors (Lipinski definition) is 0. The van der Waals surface area contributed by atoms with E-state index in [1.807, 2.05) is 0 Å². The van der Waals surface area contributed by atoms with E-state index in [-0.39, 0.29) is 0 Å². The van der Waals surface area contributed by atoms with Crippen molar-refractivity contribution in [2.75, 3.05) is 0 Å². The summed E-state index contributed by atoms with van der Waals surface area (Å²) in [6, 6.07) is 0. The second-order valence-electron chi connectivity index (χ2n) is 6.28. The zero-order chi connectivity index (χ0) is 11.0. The van der Waals surface area contributed by atoms with Crippen LogP contribution in [0.4, 0.5) is 0 Å². The SMILES string of the molecule is CC(C)(C)C(C)(C)C1CCC(=O)CC1. The summed E-state index contributed by atoms with van der Waals surface area (Å²) in [5.41, 5.74) is 0.672. The molecule has 0 amide bonds. The minimum atomic E-state index is 0.331. The molecule has 14 heavy (non-hydrogen) atoms. The van der Waals surface area contributed by atoms with Gasteiger partial charge in [0, 0.05) is 12.8 Å². The van der Waals surface area contributed by atoms with E-state index < -0.39 is 0 Å². The van der Waals surface area contributed by atoms with Crippen LogP contribution in [0.1, 0.15) is 60.3 Å². The Balaban J connectivity index is 2.69. The Kier molecular flexibility index (Phi) is 3.08. The number of rotatable bonds is 1. The number of carbonyl (C=O) groups excluding carboxylic acids is 1. The Morgan fingerprint density at radius 3 is 1.79 bits per heavy atom. The molecule has 0 aromatic rings. The number of ketones is 1. The van der Waals surface area contributed by atoms with Gasteiger partial charge in [0.15, 0.2) is 0 Å². The third kappa shape index (κ3) is 2.18. The van der Waals surface area contributed by atoms with Crippen LogP contribution >= 0.6 is 0 Å². The smallest absolute Gasteiger partial charge is 0.132 e. The first-order valence-corrected chi connectivity index (χ1v) is 5.77. The molecule has 0 unspecified atom stereocenters. The minimum Gasteiger partial charge on any atom is -0.300 e. The maximum atomic E-state index is 11.2. The lowest BCUT2D eigenvalue weighted by molar-refractivity contribution is -0.122. The molecule has 0 spiro atoms. The molecule has 0 saturated heterocycles. The van der Waals surface area contributed by atoms with E-state index >= 15 is 0 Å². The fourth-order valence-corrected chi connectivity index (χ4v) is 2.27. The first-order chi connectivity index (χ1) is 6.25. The quantitative estimate of drug-likeness (QED) is 0.623. The van der Waals surface area contributed by atoms with E-state index in [0.29, 0.717) is 16.6 Å². The van der Waals surface area contributed by atoms with Crippen molar-refractivity contribution < 1.29 is 4.79 Å². The first-order valence-electron chi connectivity index (χ1n) is 5.77. The van der Waals surface area contributed by atoms with Crippen LogP contribution in [-0.4, -0.2) is 5.78 Å². The molecule has 0 atom stereocenters. The van der Waals surface area contributed by atoms with Gasteiger partial charge in [0.25, 0.3) is 0 Å². The van der Waals surface area contributed by atoms with E-state index in [1.54, 1.807) is 0 Å². The van der Waals surface area contributed by atoms with Crippen LogP contribution in [-0.2, 0) is 4.79 Å². The predicted octanol–water partition coefficient (Wildman–Crippen LogP) is 3.82. The third-order valence-corrected chi connectivity index (χ3v) is 4.50. The van der Waals surface area contributed by atoms with Gasteiger partial charge >= 0.3 is 0 Å². The van der Waals surface area contributed by atoms with E-state index in [0.717, 1.165) is 31.6 Å². The zero-order valence-corrected chi connectivity index (χ0v) is 10.3. The van der Waals surface area contributed by atoms with E-state index in [9.17, 15) is 4.79 Å². The lowest BCUT2D eigenvalue weighted by atomic mass is 9.59. The van der Waals surface area contributed by atoms with E-state index in [4.69, 9.17) is 0 Å². The highest BCUT2D eigenvalue weighted by Gasteiger charge is 2.40. The Hall–Kier alpha value is -0.330. The summed E-state index contributed by atoms with van der Waals surface area (Å²) < 4.78 is 0. The van der Waals surface area contributed by atoms with Crippen LogP contribution in [0.5, 0.6) is 0 Å². The Bertz CT molecular complexity index is 210. The summed E-state index contributed by atoms with van der Waals surface area (Å²) in [4.78, 5) is 11.2. The van der Waals surface area contributed by atoms with Crippen molar-refractivity contribution in [3.05, 3.63) is 0 Å². The molecule has 1 aliphatic rings. The molecule has 0 aromatic heterocycles. The van der Waals surface area contributed by atoms with Crippen LogP contribution in [0.3, 0.4) is 0 Å². The van der Waals surface area contributed by atoms with E-state index in [1.165, 1.54) is 0 Å². The molecule has 0 heterocycles. The van der Waals surface area contributed by atoms with Crippen molar-refractivity contribution in [2.45, 2.75) is 60.3 Å². The van der Waals surface area contributed by atoms with Crippen LogP contribution in [0.15, 0.2) is 0 Å². The van der Waals surface area contributed by atoms with Gasteiger partial charge in [0.1, 0.15) is 5.78 Å². The molecule has 0 aromatic carbocycles. The molecule has 0 bridgehead atoms. The summed E-state index contributed by atoms with van der Waals surface area (Å²) in [6.45, 7) is 11.6. The summed E-state index contributed by atoms with van der Waals surface area (Å²) >= 11 is 0. The summed E-state index contributed by atoms with van der Waals surface area (Å²) in [5.74, 6) is 1.19. The Morgan fingerprint density at radius 2 is 1.43 bits per heavy atom. The largest absolute Gasteiger partial charge is 0.300 e. The van der Waals surface area contributed by atoms with E-state index in [2.05, 4.69) is 34.6 Å². The summed E-state index contributed by atoms with van der Waals surface area (Å²) in [7, 11) is 0. The molecular weight excluding hydrogens is 172 g/mol. The monoisotopic (exact) mass is 196 g/mol. The lowest BCUT2D eigenvalue weighted by Crippen LogP contribution is -2.39. The summed E-state index contributed by atoms with van der Waals surface area (Å²) in [6.07, 6.45) is 3.82. The number of Topliss-reactive ketones (excluding diaryl/α,β-unsaturated/α-hetero) is 1. The van der Waals surface area contributed by atoms with Gasteiger partial charge in [0.05, 0.1) is 0 Å². The number of hydrogen-bond acceptors (Lipinski definition) is 1.